The van der Waals surface area contributed by atoms with Gasteiger partial charge in [0.25, 0.3) is 5.91 Å². The molecule has 12 heteroatoms. The maximum absolute atomic E-state index is 14.6. The number of benzene rings is 2. The van der Waals surface area contributed by atoms with Gasteiger partial charge in [0, 0.05) is 54.8 Å². The van der Waals surface area contributed by atoms with Gasteiger partial charge in [0.1, 0.15) is 11.6 Å². The summed E-state index contributed by atoms with van der Waals surface area (Å²) in [6.07, 6.45) is 4.12. The number of rotatable bonds is 9. The molecule has 0 unspecified atom stereocenters. The zero-order valence-corrected chi connectivity index (χ0v) is 26.4. The highest BCUT2D eigenvalue weighted by molar-refractivity contribution is 6.36. The molecule has 2 saturated heterocycles. The third kappa shape index (κ3) is 5.84. The molecule has 9 nitrogen and oxygen atoms in total. The number of carbonyl (C=O) groups is 1. The number of carbonyl (C=O) groups excluding carboxylic acids is 1. The average Bonchev–Trinajstić information content (AvgIpc) is 3.82. The summed E-state index contributed by atoms with van der Waals surface area (Å²) in [6.45, 7) is 9.00. The fourth-order valence-electron chi connectivity index (χ4n) is 6.98. The zero-order chi connectivity index (χ0) is 32.0. The molecule has 1 saturated carbocycles. The first-order valence-corrected chi connectivity index (χ1v) is 16.3. The molecule has 3 aliphatic heterocycles. The molecule has 0 spiro atoms. The van der Waals surface area contributed by atoms with E-state index in [9.17, 15) is 18.8 Å². The highest BCUT2D eigenvalue weighted by Crippen LogP contribution is 2.47. The van der Waals surface area contributed by atoms with Crippen LogP contribution in [0.3, 0.4) is 0 Å². The van der Waals surface area contributed by atoms with E-state index in [4.69, 9.17) is 26.3 Å². The van der Waals surface area contributed by atoms with Crippen molar-refractivity contribution in [3.05, 3.63) is 64.8 Å². The summed E-state index contributed by atoms with van der Waals surface area (Å²) in [4.78, 5) is 30.5. The van der Waals surface area contributed by atoms with Crippen molar-refractivity contribution in [2.24, 2.45) is 5.41 Å². The summed E-state index contributed by atoms with van der Waals surface area (Å²) in [6, 6.07) is 10.8. The van der Waals surface area contributed by atoms with Gasteiger partial charge in [-0.2, -0.15) is 15.2 Å². The third-order valence-corrected chi connectivity index (χ3v) is 10.2. The van der Waals surface area contributed by atoms with Crippen LogP contribution in [-0.2, 0) is 17.8 Å². The number of hydrogen-bond acceptors (Lipinski definition) is 8. The van der Waals surface area contributed by atoms with Gasteiger partial charge in [0.15, 0.2) is 5.83 Å². The highest BCUT2D eigenvalue weighted by Gasteiger charge is 2.46. The quantitative estimate of drug-likeness (QED) is 0.291. The van der Waals surface area contributed by atoms with Crippen LogP contribution in [0.15, 0.2) is 42.7 Å². The van der Waals surface area contributed by atoms with Gasteiger partial charge in [-0.05, 0) is 56.3 Å². The van der Waals surface area contributed by atoms with Crippen molar-refractivity contribution in [2.75, 3.05) is 62.2 Å². The van der Waals surface area contributed by atoms with Gasteiger partial charge in [-0.15, -0.1) is 0 Å². The molecule has 7 rings (SSSR count). The molecule has 4 heterocycles. The van der Waals surface area contributed by atoms with E-state index in [1.165, 1.54) is 17.4 Å². The molecule has 0 radical (unpaired) electrons. The smallest absolute Gasteiger partial charge is 0.318 e. The molecule has 4 aliphatic rings. The van der Waals surface area contributed by atoms with Crippen molar-refractivity contribution < 1.29 is 18.3 Å². The minimum atomic E-state index is -1.03. The predicted octanol–water partition coefficient (Wildman–Crippen LogP) is 5.26. The van der Waals surface area contributed by atoms with E-state index in [1.54, 1.807) is 6.07 Å². The molecule has 1 atom stereocenters. The first-order chi connectivity index (χ1) is 22.2. The summed E-state index contributed by atoms with van der Waals surface area (Å²) in [7, 11) is 0. The molecular weight excluding hydrogens is 612 g/mol. The minimum Gasteiger partial charge on any atom is -0.463 e. The third-order valence-electron chi connectivity index (χ3n) is 9.85. The Morgan fingerprint density at radius 1 is 1.13 bits per heavy atom. The van der Waals surface area contributed by atoms with Crippen LogP contribution in [0.4, 0.5) is 20.3 Å². The van der Waals surface area contributed by atoms with Crippen LogP contribution in [0.2, 0.25) is 5.02 Å². The van der Waals surface area contributed by atoms with Crippen LogP contribution in [-0.4, -0.2) is 84.1 Å². The van der Waals surface area contributed by atoms with Crippen LogP contribution < -0.4 is 14.5 Å². The topological polar surface area (TPSA) is 88.8 Å². The highest BCUT2D eigenvalue weighted by atomic mass is 35.5. The molecule has 0 N–H and O–H groups in total. The summed E-state index contributed by atoms with van der Waals surface area (Å²) in [5, 5.41) is 11.1. The molecule has 1 amide bonds. The van der Waals surface area contributed by atoms with Gasteiger partial charge in [-0.3, -0.25) is 4.79 Å². The standard InChI is InChI=1S/C34H36ClF2N7O2/c1-22(36)32(45)44-17-16-43(18-24(44)8-12-38)31-25-9-15-42(28-5-2-4-23-6-7-26(37)30(35)29(23)28)19-27(25)39-33(40-31)46-21-34(10-11-34)20-41-13-3-14-41/h2,4-7,24H,1,3,8-11,13-21H2/t24-/m0/s1. The molecule has 1 aliphatic carbocycles. The minimum absolute atomic E-state index is 0.0529. The number of nitriles is 1. The normalized spacial score (nSPS) is 20.6. The first-order valence-electron chi connectivity index (χ1n) is 15.9. The van der Waals surface area contributed by atoms with Gasteiger partial charge >= 0.3 is 6.01 Å². The van der Waals surface area contributed by atoms with Gasteiger partial charge in [0.2, 0.25) is 0 Å². The fraction of sp³-hybridized carbons (Fsp3) is 0.471. The SMILES string of the molecule is C=C(F)C(=O)N1CCN(c2nc(OCC3(CN4CCC4)CC3)nc3c2CCN(c2cccc4ccc(F)c(Cl)c24)C3)C[C@@H]1CC#N. The summed E-state index contributed by atoms with van der Waals surface area (Å²) in [5.74, 6) is -1.57. The van der Waals surface area contributed by atoms with Crippen molar-refractivity contribution in [2.45, 2.75) is 44.7 Å². The van der Waals surface area contributed by atoms with Crippen LogP contribution in [0.25, 0.3) is 10.8 Å². The van der Waals surface area contributed by atoms with Crippen LogP contribution in [0.1, 0.15) is 36.9 Å². The summed E-state index contributed by atoms with van der Waals surface area (Å²) >= 11 is 6.50. The maximum atomic E-state index is 14.6. The number of fused-ring (bicyclic) bond motifs is 2. The lowest BCUT2D eigenvalue weighted by Crippen LogP contribution is -2.55. The van der Waals surface area contributed by atoms with Crippen molar-refractivity contribution in [3.8, 4) is 12.1 Å². The van der Waals surface area contributed by atoms with Crippen molar-refractivity contribution in [3.63, 3.8) is 0 Å². The van der Waals surface area contributed by atoms with E-state index < -0.39 is 23.6 Å². The first kappa shape index (κ1) is 30.6. The number of nitrogens with zero attached hydrogens (tertiary/aromatic N) is 7. The monoisotopic (exact) mass is 647 g/mol. The zero-order valence-electron chi connectivity index (χ0n) is 25.7. The number of piperazine rings is 1. The lowest BCUT2D eigenvalue weighted by atomic mass is 10.0. The maximum Gasteiger partial charge on any atom is 0.318 e. The molecule has 2 aromatic carbocycles. The van der Waals surface area contributed by atoms with E-state index in [0.717, 1.165) is 54.8 Å². The van der Waals surface area contributed by atoms with E-state index >= 15 is 0 Å². The lowest BCUT2D eigenvalue weighted by Gasteiger charge is -2.42. The molecular formula is C34H36ClF2N7O2. The Hall–Kier alpha value is -4.01. The number of aromatic nitrogens is 2. The number of amides is 1. The van der Waals surface area contributed by atoms with Crippen molar-refractivity contribution in [1.29, 1.82) is 5.26 Å². The molecule has 46 heavy (non-hydrogen) atoms. The number of anilines is 2. The van der Waals surface area contributed by atoms with Gasteiger partial charge in [0.05, 0.1) is 42.4 Å². The predicted molar refractivity (Wildman–Crippen MR) is 172 cm³/mol. The van der Waals surface area contributed by atoms with Crippen molar-refractivity contribution in [1.82, 2.24) is 19.8 Å². The summed E-state index contributed by atoms with van der Waals surface area (Å²) in [5.41, 5.74) is 2.72. The van der Waals surface area contributed by atoms with Gasteiger partial charge in [-0.1, -0.05) is 36.4 Å². The van der Waals surface area contributed by atoms with E-state index in [0.29, 0.717) is 56.4 Å². The average molecular weight is 648 g/mol. The van der Waals surface area contributed by atoms with E-state index in [-0.39, 0.29) is 23.4 Å². The Morgan fingerprint density at radius 3 is 2.67 bits per heavy atom. The van der Waals surface area contributed by atoms with Crippen LogP contribution in [0.5, 0.6) is 6.01 Å². The number of halogens is 3. The molecule has 0 bridgehead atoms. The van der Waals surface area contributed by atoms with E-state index in [1.807, 2.05) is 18.2 Å². The van der Waals surface area contributed by atoms with Crippen LogP contribution in [0, 0.1) is 22.6 Å². The Morgan fingerprint density at radius 2 is 1.96 bits per heavy atom. The molecule has 3 fully saturated rings. The Bertz CT molecular complexity index is 1740. The second-order valence-electron chi connectivity index (χ2n) is 12.9. The molecule has 240 valence electrons. The van der Waals surface area contributed by atoms with Gasteiger partial charge in [-0.25, -0.2) is 8.78 Å². The fourth-order valence-corrected chi connectivity index (χ4v) is 7.25. The Balaban J connectivity index is 1.21. The van der Waals surface area contributed by atoms with Gasteiger partial charge < -0.3 is 24.3 Å². The second kappa shape index (κ2) is 12.3. The molecule has 3 aromatic rings. The summed E-state index contributed by atoms with van der Waals surface area (Å²) < 4.78 is 34.8. The lowest BCUT2D eigenvalue weighted by molar-refractivity contribution is -0.131. The second-order valence-corrected chi connectivity index (χ2v) is 13.3. The van der Waals surface area contributed by atoms with E-state index in [2.05, 4.69) is 27.3 Å². The Labute approximate surface area is 272 Å². The van der Waals surface area contributed by atoms with Crippen molar-refractivity contribution >= 4 is 39.8 Å². The number of ether oxygens (including phenoxy) is 1. The number of hydrogen-bond donors (Lipinski definition) is 0. The number of likely N-dealkylation sites (tertiary alicyclic amines) is 1. The van der Waals surface area contributed by atoms with Crippen LogP contribution >= 0.6 is 11.6 Å². The largest absolute Gasteiger partial charge is 0.463 e. The molecule has 1 aromatic heterocycles. The Kier molecular flexibility index (Phi) is 8.19.